The van der Waals surface area contributed by atoms with Crippen molar-refractivity contribution in [1.29, 1.82) is 0 Å². The number of carbonyl (C=O) groups excluding carboxylic acids is 1. The maximum atomic E-state index is 12.1. The molecule has 4 nitrogen and oxygen atoms in total. The van der Waals surface area contributed by atoms with E-state index in [2.05, 4.69) is 20.8 Å². The maximum Gasteiger partial charge on any atom is 0.328 e. The summed E-state index contributed by atoms with van der Waals surface area (Å²) in [7, 11) is 0. The molecule has 1 saturated carbocycles. The number of carboxylic acids is 1. The Morgan fingerprint density at radius 2 is 1.88 bits per heavy atom. The van der Waals surface area contributed by atoms with E-state index in [1.807, 2.05) is 0 Å². The van der Waals surface area contributed by atoms with E-state index in [0.29, 0.717) is 11.8 Å². The van der Waals surface area contributed by atoms with E-state index in [1.165, 1.54) is 0 Å². The summed E-state index contributed by atoms with van der Waals surface area (Å²) in [5.74, 6) is -0.509. The van der Waals surface area contributed by atoms with Crippen LogP contribution in [0.3, 0.4) is 0 Å². The SMILES string of the molecule is CC1CCC(C(C)C)C(C(=O)C(N)C(=O)O)C1. The molecule has 0 aliphatic heterocycles. The number of aliphatic carboxylic acids is 1. The van der Waals surface area contributed by atoms with Crippen LogP contribution in [0, 0.1) is 23.7 Å². The van der Waals surface area contributed by atoms with Gasteiger partial charge in [0.15, 0.2) is 11.8 Å². The standard InChI is InChI=1S/C13H23NO3/c1-7(2)9-5-4-8(3)6-10(9)12(15)11(14)13(16)17/h7-11H,4-6,14H2,1-3H3,(H,16,17). The fourth-order valence-electron chi connectivity index (χ4n) is 2.88. The van der Waals surface area contributed by atoms with Crippen LogP contribution in [0.5, 0.6) is 0 Å². The van der Waals surface area contributed by atoms with Gasteiger partial charge in [-0.3, -0.25) is 9.59 Å². The van der Waals surface area contributed by atoms with Crippen molar-refractivity contribution in [2.75, 3.05) is 0 Å². The molecule has 0 heterocycles. The fraction of sp³-hybridized carbons (Fsp3) is 0.846. The summed E-state index contributed by atoms with van der Waals surface area (Å²) in [6.45, 7) is 6.30. The molecule has 4 heteroatoms. The van der Waals surface area contributed by atoms with Gasteiger partial charge in [-0.2, -0.15) is 0 Å². The van der Waals surface area contributed by atoms with Gasteiger partial charge in [-0.05, 0) is 30.6 Å². The number of Topliss-reactive ketones (excluding diaryl/α,β-unsaturated/α-hetero) is 1. The first-order valence-corrected chi connectivity index (χ1v) is 6.36. The maximum absolute atomic E-state index is 12.1. The van der Waals surface area contributed by atoms with Crippen LogP contribution in [0.1, 0.15) is 40.0 Å². The molecule has 1 fully saturated rings. The van der Waals surface area contributed by atoms with E-state index in [1.54, 1.807) is 0 Å². The summed E-state index contributed by atoms with van der Waals surface area (Å²) in [5, 5.41) is 8.83. The van der Waals surface area contributed by atoms with Crippen molar-refractivity contribution >= 4 is 11.8 Å². The minimum atomic E-state index is -1.36. The van der Waals surface area contributed by atoms with Gasteiger partial charge in [-0.25, -0.2) is 0 Å². The van der Waals surface area contributed by atoms with Crippen molar-refractivity contribution < 1.29 is 14.7 Å². The Hall–Kier alpha value is -0.900. The van der Waals surface area contributed by atoms with Crippen molar-refractivity contribution in [2.24, 2.45) is 29.4 Å². The molecule has 98 valence electrons. The summed E-state index contributed by atoms with van der Waals surface area (Å²) in [6, 6.07) is -1.36. The Morgan fingerprint density at radius 1 is 1.29 bits per heavy atom. The van der Waals surface area contributed by atoms with Gasteiger partial charge < -0.3 is 10.8 Å². The average molecular weight is 241 g/mol. The Balaban J connectivity index is 2.82. The molecule has 0 bridgehead atoms. The summed E-state index contributed by atoms with van der Waals surface area (Å²) in [6.07, 6.45) is 2.90. The molecular formula is C13H23NO3. The summed E-state index contributed by atoms with van der Waals surface area (Å²) in [5.41, 5.74) is 5.45. The van der Waals surface area contributed by atoms with E-state index in [9.17, 15) is 9.59 Å². The van der Waals surface area contributed by atoms with Gasteiger partial charge in [-0.1, -0.05) is 27.2 Å². The van der Waals surface area contributed by atoms with Crippen LogP contribution < -0.4 is 5.73 Å². The Kier molecular flexibility index (Phi) is 4.69. The summed E-state index contributed by atoms with van der Waals surface area (Å²) in [4.78, 5) is 22.9. The lowest BCUT2D eigenvalue weighted by Gasteiger charge is -2.37. The van der Waals surface area contributed by atoms with Crippen molar-refractivity contribution in [3.63, 3.8) is 0 Å². The van der Waals surface area contributed by atoms with E-state index in [-0.39, 0.29) is 17.6 Å². The molecule has 1 aliphatic rings. The Morgan fingerprint density at radius 3 is 2.35 bits per heavy atom. The smallest absolute Gasteiger partial charge is 0.328 e. The van der Waals surface area contributed by atoms with Gasteiger partial charge in [0.25, 0.3) is 0 Å². The number of nitrogens with two attached hydrogens (primary N) is 1. The van der Waals surface area contributed by atoms with E-state index in [0.717, 1.165) is 19.3 Å². The normalized spacial score (nSPS) is 31.2. The summed E-state index contributed by atoms with van der Waals surface area (Å²) < 4.78 is 0. The number of hydrogen-bond donors (Lipinski definition) is 2. The van der Waals surface area contributed by atoms with E-state index >= 15 is 0 Å². The van der Waals surface area contributed by atoms with E-state index in [4.69, 9.17) is 10.8 Å². The lowest BCUT2D eigenvalue weighted by molar-refractivity contribution is -0.144. The minimum Gasteiger partial charge on any atom is -0.480 e. The van der Waals surface area contributed by atoms with Gasteiger partial charge in [0.2, 0.25) is 0 Å². The van der Waals surface area contributed by atoms with Gasteiger partial charge in [0, 0.05) is 5.92 Å². The van der Waals surface area contributed by atoms with Crippen LogP contribution in [0.2, 0.25) is 0 Å². The zero-order chi connectivity index (χ0) is 13.2. The largest absolute Gasteiger partial charge is 0.480 e. The van der Waals surface area contributed by atoms with Crippen molar-refractivity contribution in [3.8, 4) is 0 Å². The van der Waals surface area contributed by atoms with Crippen LogP contribution in [-0.2, 0) is 9.59 Å². The zero-order valence-electron chi connectivity index (χ0n) is 10.8. The van der Waals surface area contributed by atoms with E-state index < -0.39 is 12.0 Å². The Labute approximate surface area is 103 Å². The first-order valence-electron chi connectivity index (χ1n) is 6.36. The quantitative estimate of drug-likeness (QED) is 0.734. The van der Waals surface area contributed by atoms with Gasteiger partial charge in [-0.15, -0.1) is 0 Å². The monoisotopic (exact) mass is 241 g/mol. The van der Waals surface area contributed by atoms with Crippen LogP contribution in [0.15, 0.2) is 0 Å². The minimum absolute atomic E-state index is 0.176. The number of carbonyl (C=O) groups is 2. The molecule has 0 amide bonds. The van der Waals surface area contributed by atoms with Gasteiger partial charge >= 0.3 is 5.97 Å². The fourth-order valence-corrected chi connectivity index (χ4v) is 2.88. The van der Waals surface area contributed by atoms with Crippen LogP contribution >= 0.6 is 0 Å². The molecule has 0 aromatic rings. The number of hydrogen-bond acceptors (Lipinski definition) is 3. The van der Waals surface area contributed by atoms with Crippen molar-refractivity contribution in [3.05, 3.63) is 0 Å². The number of ketones is 1. The highest BCUT2D eigenvalue weighted by Gasteiger charge is 2.39. The van der Waals surface area contributed by atoms with Crippen LogP contribution in [-0.4, -0.2) is 22.9 Å². The predicted octanol–water partition coefficient (Wildman–Crippen LogP) is 1.68. The lowest BCUT2D eigenvalue weighted by Crippen LogP contribution is -2.46. The molecule has 0 spiro atoms. The first-order chi connectivity index (χ1) is 7.84. The highest BCUT2D eigenvalue weighted by molar-refractivity contribution is 6.03. The first kappa shape index (κ1) is 14.2. The van der Waals surface area contributed by atoms with Gasteiger partial charge in [0.05, 0.1) is 0 Å². The second-order valence-corrected chi connectivity index (χ2v) is 5.65. The third kappa shape index (κ3) is 3.28. The molecule has 0 saturated heterocycles. The van der Waals surface area contributed by atoms with Gasteiger partial charge in [0.1, 0.15) is 0 Å². The lowest BCUT2D eigenvalue weighted by atomic mass is 9.67. The molecule has 1 rings (SSSR count). The molecule has 0 radical (unpaired) electrons. The number of rotatable bonds is 4. The highest BCUT2D eigenvalue weighted by Crippen LogP contribution is 2.38. The highest BCUT2D eigenvalue weighted by atomic mass is 16.4. The molecule has 3 N–H and O–H groups in total. The second-order valence-electron chi connectivity index (χ2n) is 5.65. The molecule has 17 heavy (non-hydrogen) atoms. The van der Waals surface area contributed by atoms with Crippen molar-refractivity contribution in [1.82, 2.24) is 0 Å². The topological polar surface area (TPSA) is 80.4 Å². The molecule has 4 unspecified atom stereocenters. The molecule has 1 aliphatic carbocycles. The molecule has 4 atom stereocenters. The third-order valence-electron chi connectivity index (χ3n) is 3.96. The third-order valence-corrected chi connectivity index (χ3v) is 3.96. The average Bonchev–Trinajstić information content (AvgIpc) is 2.26. The predicted molar refractivity (Wildman–Crippen MR) is 65.5 cm³/mol. The molecule has 0 aromatic carbocycles. The van der Waals surface area contributed by atoms with Crippen LogP contribution in [0.25, 0.3) is 0 Å². The number of carboxylic acid groups (broad SMARTS) is 1. The Bertz CT molecular complexity index is 301. The molecule has 0 aromatic heterocycles. The zero-order valence-corrected chi connectivity index (χ0v) is 10.8. The van der Waals surface area contributed by atoms with Crippen LogP contribution in [0.4, 0.5) is 0 Å². The second kappa shape index (κ2) is 5.63. The summed E-state index contributed by atoms with van der Waals surface area (Å²) >= 11 is 0. The molecular weight excluding hydrogens is 218 g/mol. The van der Waals surface area contributed by atoms with Crippen molar-refractivity contribution in [2.45, 2.75) is 46.1 Å².